The molecule has 0 spiro atoms. The standard InChI is InChI=1S/C23H28N2O3/c1-24(21-10-6-3-7-11-21)14-12-20-17-25(15-13-19(20)16-22(26)27)23(28)18-8-4-2-5-9-18/h2-11,19-20H,12-17H2,1H3,(H,26,27). The molecule has 0 saturated carbocycles. The molecule has 5 heteroatoms. The maximum atomic E-state index is 12.8. The highest BCUT2D eigenvalue weighted by Crippen LogP contribution is 2.30. The number of benzene rings is 2. The van der Waals surface area contributed by atoms with E-state index in [2.05, 4.69) is 24.1 Å². The molecular formula is C23H28N2O3. The number of likely N-dealkylation sites (tertiary alicyclic amines) is 1. The number of para-hydroxylation sites is 1. The fraction of sp³-hybridized carbons (Fsp3) is 0.391. The molecule has 28 heavy (non-hydrogen) atoms. The third-order valence-electron chi connectivity index (χ3n) is 5.67. The van der Waals surface area contributed by atoms with Crippen molar-refractivity contribution in [1.82, 2.24) is 4.90 Å². The van der Waals surface area contributed by atoms with Crippen LogP contribution in [0.5, 0.6) is 0 Å². The molecule has 1 fully saturated rings. The zero-order valence-electron chi connectivity index (χ0n) is 16.3. The Morgan fingerprint density at radius 2 is 1.68 bits per heavy atom. The van der Waals surface area contributed by atoms with E-state index in [1.165, 1.54) is 0 Å². The van der Waals surface area contributed by atoms with Crippen LogP contribution in [0.1, 0.15) is 29.6 Å². The Balaban J connectivity index is 1.66. The Morgan fingerprint density at radius 3 is 2.32 bits per heavy atom. The average molecular weight is 380 g/mol. The van der Waals surface area contributed by atoms with Crippen molar-refractivity contribution in [3.63, 3.8) is 0 Å². The van der Waals surface area contributed by atoms with Gasteiger partial charge in [-0.15, -0.1) is 0 Å². The summed E-state index contributed by atoms with van der Waals surface area (Å²) in [6, 6.07) is 19.5. The number of carbonyl (C=O) groups is 2. The molecule has 1 N–H and O–H groups in total. The van der Waals surface area contributed by atoms with Gasteiger partial charge in [-0.3, -0.25) is 9.59 Å². The summed E-state index contributed by atoms with van der Waals surface area (Å²) < 4.78 is 0. The summed E-state index contributed by atoms with van der Waals surface area (Å²) in [4.78, 5) is 28.2. The van der Waals surface area contributed by atoms with Crippen molar-refractivity contribution in [2.75, 3.05) is 31.6 Å². The molecule has 1 aliphatic rings. The molecule has 2 atom stereocenters. The largest absolute Gasteiger partial charge is 0.481 e. The molecule has 148 valence electrons. The summed E-state index contributed by atoms with van der Waals surface area (Å²) in [5, 5.41) is 9.30. The first-order valence-corrected chi connectivity index (χ1v) is 9.87. The van der Waals surface area contributed by atoms with Crippen LogP contribution in [-0.4, -0.2) is 48.6 Å². The van der Waals surface area contributed by atoms with E-state index in [-0.39, 0.29) is 24.2 Å². The van der Waals surface area contributed by atoms with Crippen LogP contribution in [0.3, 0.4) is 0 Å². The number of carboxylic acid groups (broad SMARTS) is 1. The molecule has 2 unspecified atom stereocenters. The number of hydrogen-bond donors (Lipinski definition) is 1. The summed E-state index contributed by atoms with van der Waals surface area (Å²) in [6.07, 6.45) is 1.78. The predicted octanol–water partition coefficient (Wildman–Crippen LogP) is 3.77. The van der Waals surface area contributed by atoms with E-state index in [9.17, 15) is 14.7 Å². The maximum absolute atomic E-state index is 12.8. The van der Waals surface area contributed by atoms with Crippen LogP contribution < -0.4 is 4.90 Å². The van der Waals surface area contributed by atoms with Crippen molar-refractivity contribution in [3.05, 3.63) is 66.2 Å². The third-order valence-corrected chi connectivity index (χ3v) is 5.67. The first kappa shape index (κ1) is 19.9. The zero-order valence-corrected chi connectivity index (χ0v) is 16.3. The van der Waals surface area contributed by atoms with Crippen molar-refractivity contribution >= 4 is 17.6 Å². The number of carboxylic acids is 1. The number of nitrogens with zero attached hydrogens (tertiary/aromatic N) is 2. The average Bonchev–Trinajstić information content (AvgIpc) is 2.73. The molecule has 0 aromatic heterocycles. The first-order valence-electron chi connectivity index (χ1n) is 9.87. The summed E-state index contributed by atoms with van der Waals surface area (Å²) in [7, 11) is 2.05. The van der Waals surface area contributed by atoms with Crippen LogP contribution in [0.4, 0.5) is 5.69 Å². The lowest BCUT2D eigenvalue weighted by molar-refractivity contribution is -0.139. The zero-order chi connectivity index (χ0) is 19.9. The minimum absolute atomic E-state index is 0.0378. The molecule has 2 aromatic carbocycles. The minimum atomic E-state index is -0.755. The van der Waals surface area contributed by atoms with Gasteiger partial charge in [-0.05, 0) is 48.9 Å². The van der Waals surface area contributed by atoms with Gasteiger partial charge in [0, 0.05) is 44.4 Å². The highest BCUT2D eigenvalue weighted by molar-refractivity contribution is 5.94. The number of anilines is 1. The topological polar surface area (TPSA) is 60.9 Å². The highest BCUT2D eigenvalue weighted by Gasteiger charge is 2.33. The Kier molecular flexibility index (Phi) is 6.69. The third kappa shape index (κ3) is 5.12. The summed E-state index contributed by atoms with van der Waals surface area (Å²) in [6.45, 7) is 2.07. The molecule has 5 nitrogen and oxygen atoms in total. The minimum Gasteiger partial charge on any atom is -0.481 e. The van der Waals surface area contributed by atoms with Gasteiger partial charge in [0.1, 0.15) is 0 Å². The summed E-state index contributed by atoms with van der Waals surface area (Å²) >= 11 is 0. The lowest BCUT2D eigenvalue weighted by Gasteiger charge is -2.39. The van der Waals surface area contributed by atoms with Crippen LogP contribution >= 0.6 is 0 Å². The first-order chi connectivity index (χ1) is 13.5. The van der Waals surface area contributed by atoms with Gasteiger partial charge in [0.05, 0.1) is 0 Å². The predicted molar refractivity (Wildman–Crippen MR) is 111 cm³/mol. The van der Waals surface area contributed by atoms with E-state index in [1.807, 2.05) is 53.4 Å². The van der Waals surface area contributed by atoms with Crippen molar-refractivity contribution in [2.24, 2.45) is 11.8 Å². The fourth-order valence-corrected chi connectivity index (χ4v) is 4.02. The second-order valence-electron chi connectivity index (χ2n) is 7.57. The Bertz CT molecular complexity index is 779. The Hall–Kier alpha value is -2.82. The van der Waals surface area contributed by atoms with E-state index in [0.29, 0.717) is 18.7 Å². The molecule has 0 aliphatic carbocycles. The van der Waals surface area contributed by atoms with Gasteiger partial charge in [-0.2, -0.15) is 0 Å². The molecule has 3 rings (SSSR count). The van der Waals surface area contributed by atoms with Crippen molar-refractivity contribution in [3.8, 4) is 0 Å². The molecular weight excluding hydrogens is 352 g/mol. The van der Waals surface area contributed by atoms with E-state index < -0.39 is 5.97 Å². The van der Waals surface area contributed by atoms with Gasteiger partial charge in [-0.25, -0.2) is 0 Å². The van der Waals surface area contributed by atoms with Gasteiger partial charge in [0.15, 0.2) is 0 Å². The summed E-state index contributed by atoms with van der Waals surface area (Å²) in [5.74, 6) is -0.421. The van der Waals surface area contributed by atoms with Crippen molar-refractivity contribution in [2.45, 2.75) is 19.3 Å². The van der Waals surface area contributed by atoms with Gasteiger partial charge >= 0.3 is 5.97 Å². The Morgan fingerprint density at radius 1 is 1.04 bits per heavy atom. The Labute approximate surface area is 166 Å². The van der Waals surface area contributed by atoms with E-state index in [4.69, 9.17) is 0 Å². The van der Waals surface area contributed by atoms with Crippen LogP contribution in [0.25, 0.3) is 0 Å². The van der Waals surface area contributed by atoms with Crippen molar-refractivity contribution in [1.29, 1.82) is 0 Å². The van der Waals surface area contributed by atoms with E-state index in [0.717, 1.165) is 25.1 Å². The lowest BCUT2D eigenvalue weighted by Crippen LogP contribution is -2.45. The van der Waals surface area contributed by atoms with E-state index in [1.54, 1.807) is 0 Å². The highest BCUT2D eigenvalue weighted by atomic mass is 16.4. The van der Waals surface area contributed by atoms with Gasteiger partial charge < -0.3 is 14.9 Å². The molecule has 1 amide bonds. The van der Waals surface area contributed by atoms with Gasteiger partial charge in [0.25, 0.3) is 5.91 Å². The van der Waals surface area contributed by atoms with Crippen LogP contribution in [0.15, 0.2) is 60.7 Å². The molecule has 1 aliphatic heterocycles. The summed E-state index contributed by atoms with van der Waals surface area (Å²) in [5.41, 5.74) is 1.84. The van der Waals surface area contributed by atoms with Crippen molar-refractivity contribution < 1.29 is 14.7 Å². The molecule has 1 saturated heterocycles. The number of carbonyl (C=O) groups excluding carboxylic acids is 1. The number of amides is 1. The van der Waals surface area contributed by atoms with E-state index >= 15 is 0 Å². The van der Waals surface area contributed by atoms with Crippen LogP contribution in [0, 0.1) is 11.8 Å². The number of hydrogen-bond acceptors (Lipinski definition) is 3. The smallest absolute Gasteiger partial charge is 0.303 e. The SMILES string of the molecule is CN(CCC1CN(C(=O)c2ccccc2)CCC1CC(=O)O)c1ccccc1. The second-order valence-corrected chi connectivity index (χ2v) is 7.57. The second kappa shape index (κ2) is 9.40. The maximum Gasteiger partial charge on any atom is 0.303 e. The van der Waals surface area contributed by atoms with Crippen LogP contribution in [0.2, 0.25) is 0 Å². The van der Waals surface area contributed by atoms with Gasteiger partial charge in [-0.1, -0.05) is 36.4 Å². The monoisotopic (exact) mass is 380 g/mol. The molecule has 0 bridgehead atoms. The molecule has 1 heterocycles. The van der Waals surface area contributed by atoms with Crippen LogP contribution in [-0.2, 0) is 4.79 Å². The fourth-order valence-electron chi connectivity index (χ4n) is 4.02. The number of aliphatic carboxylic acids is 1. The molecule has 0 radical (unpaired) electrons. The quantitative estimate of drug-likeness (QED) is 0.794. The van der Waals surface area contributed by atoms with Gasteiger partial charge in [0.2, 0.25) is 0 Å². The number of rotatable bonds is 7. The lowest BCUT2D eigenvalue weighted by atomic mass is 9.81. The molecule has 2 aromatic rings. The number of piperidine rings is 1. The normalized spacial score (nSPS) is 19.2.